The van der Waals surface area contributed by atoms with Crippen LogP contribution in [0.4, 0.5) is 11.5 Å². The van der Waals surface area contributed by atoms with Crippen LogP contribution in [-0.4, -0.2) is 82.9 Å². The third-order valence-electron chi connectivity index (χ3n) is 7.97. The molecule has 10 nitrogen and oxygen atoms in total. The number of ether oxygens (including phenoxy) is 1. The SMILES string of the molecule is CN(C)C1CN(c2cc(-n3cc(C(=O)O)c(=O)c4cc(Cl)c(N5CCC[C@@H]5COc5ccccn5)cc43)ccn2)C1. The van der Waals surface area contributed by atoms with Crippen molar-refractivity contribution in [3.05, 3.63) is 81.9 Å². The van der Waals surface area contributed by atoms with E-state index in [-0.39, 0.29) is 17.0 Å². The Morgan fingerprint density at radius 1 is 1.15 bits per heavy atom. The summed E-state index contributed by atoms with van der Waals surface area (Å²) in [5.41, 5.74) is 1.16. The average molecular weight is 575 g/mol. The Balaban J connectivity index is 1.40. The number of hydrogen-bond donors (Lipinski definition) is 1. The first-order valence-electron chi connectivity index (χ1n) is 13.6. The molecule has 0 aliphatic carbocycles. The molecular weight excluding hydrogens is 544 g/mol. The first kappa shape index (κ1) is 27.0. The van der Waals surface area contributed by atoms with Crippen molar-refractivity contribution >= 4 is 40.0 Å². The van der Waals surface area contributed by atoms with Crippen molar-refractivity contribution < 1.29 is 14.6 Å². The molecule has 212 valence electrons. The second kappa shape index (κ2) is 11.0. The van der Waals surface area contributed by atoms with Crippen molar-refractivity contribution in [2.45, 2.75) is 24.9 Å². The minimum Gasteiger partial charge on any atom is -0.477 e. The zero-order valence-corrected chi connectivity index (χ0v) is 23.7. The topological polar surface area (TPSA) is 104 Å². The molecule has 3 aromatic heterocycles. The van der Waals surface area contributed by atoms with E-state index in [1.54, 1.807) is 23.0 Å². The zero-order chi connectivity index (χ0) is 28.7. The molecule has 0 unspecified atom stereocenters. The molecule has 0 spiro atoms. The van der Waals surface area contributed by atoms with Gasteiger partial charge in [-0.05, 0) is 51.2 Å². The van der Waals surface area contributed by atoms with E-state index in [1.165, 1.54) is 6.20 Å². The number of aromatic carboxylic acids is 1. The number of fused-ring (bicyclic) bond motifs is 1. The number of benzene rings is 1. The fourth-order valence-corrected chi connectivity index (χ4v) is 5.83. The van der Waals surface area contributed by atoms with Gasteiger partial charge in [-0.1, -0.05) is 17.7 Å². The van der Waals surface area contributed by atoms with E-state index in [9.17, 15) is 14.7 Å². The Bertz CT molecular complexity index is 1650. The lowest BCUT2D eigenvalue weighted by atomic mass is 10.1. The number of rotatable bonds is 8. The highest BCUT2D eigenvalue weighted by Crippen LogP contribution is 2.36. The standard InChI is InChI=1S/C30H31ClN6O4/c1-34(2)21-15-35(16-21)27-12-19(8-10-32-27)37-17-23(30(39)40)29(38)22-13-24(31)26(14-25(22)37)36-11-5-6-20(36)18-41-28-7-3-4-9-33-28/h3-4,7-10,12-14,17,20-21H,5-6,11,15-16,18H2,1-2H3,(H,39,40)/t20-/m1/s1. The van der Waals surface area contributed by atoms with Crippen LogP contribution in [0, 0.1) is 0 Å². The lowest BCUT2D eigenvalue weighted by Gasteiger charge is -2.43. The van der Waals surface area contributed by atoms with Crippen molar-refractivity contribution in [2.24, 2.45) is 0 Å². The number of pyridine rings is 3. The number of nitrogens with zero attached hydrogens (tertiary/aromatic N) is 6. The summed E-state index contributed by atoms with van der Waals surface area (Å²) in [5, 5.41) is 10.5. The van der Waals surface area contributed by atoms with Crippen LogP contribution < -0.4 is 20.0 Å². The molecule has 0 amide bonds. The highest BCUT2D eigenvalue weighted by atomic mass is 35.5. The van der Waals surface area contributed by atoms with Crippen molar-refractivity contribution in [1.82, 2.24) is 19.4 Å². The van der Waals surface area contributed by atoms with Gasteiger partial charge in [-0.15, -0.1) is 0 Å². The molecule has 1 aromatic carbocycles. The number of carboxylic acid groups (broad SMARTS) is 1. The molecule has 41 heavy (non-hydrogen) atoms. The largest absolute Gasteiger partial charge is 0.477 e. The van der Waals surface area contributed by atoms with Gasteiger partial charge in [-0.25, -0.2) is 14.8 Å². The Kier molecular flexibility index (Phi) is 7.27. The summed E-state index contributed by atoms with van der Waals surface area (Å²) in [6.07, 6.45) is 6.69. The van der Waals surface area contributed by atoms with Gasteiger partial charge < -0.3 is 29.1 Å². The van der Waals surface area contributed by atoms with Crippen LogP contribution in [0.3, 0.4) is 0 Å². The summed E-state index contributed by atoms with van der Waals surface area (Å²) >= 11 is 6.79. The molecule has 0 saturated carbocycles. The summed E-state index contributed by atoms with van der Waals surface area (Å²) in [6.45, 7) is 2.92. The van der Waals surface area contributed by atoms with Crippen LogP contribution in [0.5, 0.6) is 5.88 Å². The highest BCUT2D eigenvalue weighted by molar-refractivity contribution is 6.34. The molecule has 2 aliphatic heterocycles. The van der Waals surface area contributed by atoms with E-state index < -0.39 is 11.4 Å². The minimum atomic E-state index is -1.29. The van der Waals surface area contributed by atoms with Crippen LogP contribution in [0.2, 0.25) is 5.02 Å². The van der Waals surface area contributed by atoms with E-state index in [2.05, 4.69) is 38.8 Å². The van der Waals surface area contributed by atoms with E-state index in [1.807, 2.05) is 36.4 Å². The summed E-state index contributed by atoms with van der Waals surface area (Å²) in [4.78, 5) is 40.7. The predicted molar refractivity (Wildman–Crippen MR) is 159 cm³/mol. The third kappa shape index (κ3) is 5.20. The van der Waals surface area contributed by atoms with E-state index in [4.69, 9.17) is 16.3 Å². The number of likely N-dealkylation sites (N-methyl/N-ethyl adjacent to an activating group) is 1. The van der Waals surface area contributed by atoms with E-state index in [0.717, 1.165) is 44.0 Å². The van der Waals surface area contributed by atoms with Crippen LogP contribution in [0.25, 0.3) is 16.6 Å². The summed E-state index contributed by atoms with van der Waals surface area (Å²) < 4.78 is 7.72. The molecule has 5 heterocycles. The molecular formula is C30H31ClN6O4. The number of hydrogen-bond acceptors (Lipinski definition) is 8. The first-order valence-corrected chi connectivity index (χ1v) is 14.0. The summed E-state index contributed by atoms with van der Waals surface area (Å²) in [7, 11) is 4.12. The Morgan fingerprint density at radius 2 is 1.98 bits per heavy atom. The van der Waals surface area contributed by atoms with Gasteiger partial charge in [0.05, 0.1) is 28.0 Å². The van der Waals surface area contributed by atoms with Crippen molar-refractivity contribution in [1.29, 1.82) is 0 Å². The second-order valence-electron chi connectivity index (χ2n) is 10.7. The Labute approximate surface area is 242 Å². The molecule has 0 radical (unpaired) electrons. The summed E-state index contributed by atoms with van der Waals surface area (Å²) in [6, 6.07) is 13.3. The number of aromatic nitrogens is 3. The van der Waals surface area contributed by atoms with Crippen LogP contribution in [-0.2, 0) is 0 Å². The lowest BCUT2D eigenvalue weighted by molar-refractivity contribution is 0.0695. The maximum absolute atomic E-state index is 13.3. The van der Waals surface area contributed by atoms with Gasteiger partial charge >= 0.3 is 5.97 Å². The van der Waals surface area contributed by atoms with Crippen LogP contribution in [0.15, 0.2) is 65.8 Å². The second-order valence-corrected chi connectivity index (χ2v) is 11.1. The monoisotopic (exact) mass is 574 g/mol. The fraction of sp³-hybridized carbons (Fsp3) is 0.333. The Morgan fingerprint density at radius 3 is 2.71 bits per heavy atom. The van der Waals surface area contributed by atoms with Crippen molar-refractivity contribution in [3.8, 4) is 11.6 Å². The lowest BCUT2D eigenvalue weighted by Crippen LogP contribution is -2.57. The highest BCUT2D eigenvalue weighted by Gasteiger charge is 2.30. The maximum atomic E-state index is 13.3. The molecule has 1 atom stereocenters. The van der Waals surface area contributed by atoms with Crippen molar-refractivity contribution in [3.63, 3.8) is 0 Å². The molecule has 11 heteroatoms. The smallest absolute Gasteiger partial charge is 0.341 e. The van der Waals surface area contributed by atoms with Crippen LogP contribution in [0.1, 0.15) is 23.2 Å². The van der Waals surface area contributed by atoms with Crippen LogP contribution >= 0.6 is 11.6 Å². The molecule has 4 aromatic rings. The van der Waals surface area contributed by atoms with Gasteiger partial charge in [0, 0.05) is 61.8 Å². The predicted octanol–water partition coefficient (Wildman–Crippen LogP) is 3.93. The molecule has 0 bridgehead atoms. The van der Waals surface area contributed by atoms with E-state index >= 15 is 0 Å². The number of carboxylic acids is 1. The quantitative estimate of drug-likeness (QED) is 0.335. The third-order valence-corrected chi connectivity index (χ3v) is 8.28. The van der Waals surface area contributed by atoms with Gasteiger partial charge in [0.1, 0.15) is 18.0 Å². The molecule has 1 N–H and O–H groups in total. The Hall–Kier alpha value is -4.15. The first-order chi connectivity index (χ1) is 19.8. The minimum absolute atomic E-state index is 0.0639. The van der Waals surface area contributed by atoms with Gasteiger partial charge in [0.2, 0.25) is 11.3 Å². The van der Waals surface area contributed by atoms with Gasteiger partial charge in [0.15, 0.2) is 0 Å². The summed E-state index contributed by atoms with van der Waals surface area (Å²) in [5.74, 6) is 0.0688. The molecule has 6 rings (SSSR count). The number of carbonyl (C=O) groups is 1. The maximum Gasteiger partial charge on any atom is 0.341 e. The average Bonchev–Trinajstić information content (AvgIpc) is 3.40. The zero-order valence-electron chi connectivity index (χ0n) is 22.9. The van der Waals surface area contributed by atoms with Gasteiger partial charge in [-0.2, -0.15) is 0 Å². The molecule has 2 fully saturated rings. The number of anilines is 2. The van der Waals surface area contributed by atoms with Gasteiger partial charge in [-0.3, -0.25) is 4.79 Å². The van der Waals surface area contributed by atoms with Gasteiger partial charge in [0.25, 0.3) is 0 Å². The molecule has 2 saturated heterocycles. The van der Waals surface area contributed by atoms with E-state index in [0.29, 0.717) is 34.8 Å². The fourth-order valence-electron chi connectivity index (χ4n) is 5.56. The normalized spacial score (nSPS) is 17.3. The number of halogens is 1. The molecule has 2 aliphatic rings. The van der Waals surface area contributed by atoms with Crippen molar-refractivity contribution in [2.75, 3.05) is 50.1 Å².